The minimum Gasteiger partial charge on any atom is -0.508 e. The van der Waals surface area contributed by atoms with Gasteiger partial charge < -0.3 is 9.84 Å². The first-order chi connectivity index (χ1) is 8.66. The Kier molecular flexibility index (Phi) is 3.63. The summed E-state index contributed by atoms with van der Waals surface area (Å²) < 4.78 is 5.14. The van der Waals surface area contributed by atoms with Crippen molar-refractivity contribution in [3.8, 4) is 11.5 Å². The molecule has 3 nitrogen and oxygen atoms in total. The number of hydrogen-bond acceptors (Lipinski definition) is 3. The Bertz CT molecular complexity index is 561. The zero-order valence-electron chi connectivity index (χ0n) is 10.1. The minimum absolute atomic E-state index is 0.245. The summed E-state index contributed by atoms with van der Waals surface area (Å²) in [6.07, 6.45) is 0.524. The number of benzene rings is 2. The molecule has 2 rings (SSSR count). The van der Waals surface area contributed by atoms with E-state index in [0.717, 1.165) is 11.1 Å². The largest absolute Gasteiger partial charge is 0.508 e. The Morgan fingerprint density at radius 2 is 1.67 bits per heavy atom. The summed E-state index contributed by atoms with van der Waals surface area (Å²) in [4.78, 5) is 11.0. The molecule has 0 amide bonds. The van der Waals surface area contributed by atoms with Crippen molar-refractivity contribution < 1.29 is 14.6 Å². The number of phenolic OH excluding ortho intramolecular Hbond substituents is 1. The smallest absolute Gasteiger partial charge is 0.308 e. The van der Waals surface area contributed by atoms with E-state index < -0.39 is 0 Å². The maximum absolute atomic E-state index is 11.0. The molecule has 92 valence electrons. The summed E-state index contributed by atoms with van der Waals surface area (Å²) >= 11 is 0. The fourth-order valence-electron chi connectivity index (χ4n) is 1.77. The van der Waals surface area contributed by atoms with Crippen LogP contribution in [-0.2, 0) is 11.2 Å². The highest BCUT2D eigenvalue weighted by atomic mass is 16.5. The number of rotatable bonds is 3. The Balaban J connectivity index is 2.29. The molecule has 0 aliphatic rings. The van der Waals surface area contributed by atoms with Gasteiger partial charge in [-0.25, -0.2) is 0 Å². The van der Waals surface area contributed by atoms with E-state index in [4.69, 9.17) is 4.74 Å². The van der Waals surface area contributed by atoms with Gasteiger partial charge in [0.05, 0.1) is 0 Å². The molecule has 0 aliphatic heterocycles. The summed E-state index contributed by atoms with van der Waals surface area (Å²) in [5, 5.41) is 9.74. The van der Waals surface area contributed by atoms with Gasteiger partial charge >= 0.3 is 5.97 Å². The van der Waals surface area contributed by atoms with Crippen LogP contribution in [0, 0.1) is 0 Å². The fourth-order valence-corrected chi connectivity index (χ4v) is 1.77. The van der Waals surface area contributed by atoms with Crippen molar-refractivity contribution in [2.75, 3.05) is 0 Å². The van der Waals surface area contributed by atoms with Crippen molar-refractivity contribution in [3.05, 3.63) is 59.7 Å². The van der Waals surface area contributed by atoms with E-state index in [-0.39, 0.29) is 11.7 Å². The molecular weight excluding hydrogens is 228 g/mol. The Morgan fingerprint density at radius 1 is 1.06 bits per heavy atom. The number of esters is 1. The normalized spacial score (nSPS) is 10.1. The topological polar surface area (TPSA) is 46.5 Å². The van der Waals surface area contributed by atoms with Crippen LogP contribution in [0.25, 0.3) is 0 Å². The molecule has 3 heteroatoms. The monoisotopic (exact) mass is 242 g/mol. The van der Waals surface area contributed by atoms with Crippen LogP contribution in [0.5, 0.6) is 11.5 Å². The van der Waals surface area contributed by atoms with Gasteiger partial charge in [0, 0.05) is 13.3 Å². The van der Waals surface area contributed by atoms with Crippen LogP contribution in [0.1, 0.15) is 18.1 Å². The van der Waals surface area contributed by atoms with Crippen LogP contribution >= 0.6 is 0 Å². The summed E-state index contributed by atoms with van der Waals surface area (Å²) in [5.74, 6) is 0.433. The van der Waals surface area contributed by atoms with Crippen molar-refractivity contribution >= 4 is 5.97 Å². The number of phenols is 1. The first-order valence-electron chi connectivity index (χ1n) is 5.70. The SMILES string of the molecule is CC(=O)Oc1ccccc1Cc1ccccc1O. The van der Waals surface area contributed by atoms with Gasteiger partial charge in [-0.1, -0.05) is 36.4 Å². The number of ether oxygens (including phenoxy) is 1. The molecule has 0 heterocycles. The van der Waals surface area contributed by atoms with Crippen LogP contribution in [-0.4, -0.2) is 11.1 Å². The van der Waals surface area contributed by atoms with E-state index in [0.29, 0.717) is 12.2 Å². The maximum atomic E-state index is 11.0. The predicted molar refractivity (Wildman–Crippen MR) is 68.7 cm³/mol. The molecule has 0 unspecified atom stereocenters. The van der Waals surface area contributed by atoms with Gasteiger partial charge in [0.1, 0.15) is 11.5 Å². The first-order valence-corrected chi connectivity index (χ1v) is 5.70. The third-order valence-electron chi connectivity index (χ3n) is 2.60. The fraction of sp³-hybridized carbons (Fsp3) is 0.133. The average molecular weight is 242 g/mol. The quantitative estimate of drug-likeness (QED) is 0.665. The molecular formula is C15H14O3. The van der Waals surface area contributed by atoms with E-state index >= 15 is 0 Å². The standard InChI is InChI=1S/C15H14O3/c1-11(16)18-15-9-5-3-7-13(15)10-12-6-2-4-8-14(12)17/h2-9,17H,10H2,1H3. The van der Waals surface area contributed by atoms with Gasteiger partial charge in [-0.05, 0) is 23.3 Å². The van der Waals surface area contributed by atoms with Gasteiger partial charge in [0.2, 0.25) is 0 Å². The van der Waals surface area contributed by atoms with Crippen LogP contribution in [0.3, 0.4) is 0 Å². The molecule has 2 aromatic rings. The third-order valence-corrected chi connectivity index (χ3v) is 2.60. The summed E-state index contributed by atoms with van der Waals surface area (Å²) in [6.45, 7) is 1.37. The van der Waals surface area contributed by atoms with Crippen molar-refractivity contribution in [2.45, 2.75) is 13.3 Å². The van der Waals surface area contributed by atoms with Crippen LogP contribution in [0.2, 0.25) is 0 Å². The summed E-state index contributed by atoms with van der Waals surface area (Å²) in [7, 11) is 0. The number of hydrogen-bond donors (Lipinski definition) is 1. The molecule has 2 aromatic carbocycles. The number of carbonyl (C=O) groups is 1. The van der Waals surface area contributed by atoms with Gasteiger partial charge in [-0.2, -0.15) is 0 Å². The molecule has 0 spiro atoms. The summed E-state index contributed by atoms with van der Waals surface area (Å²) in [6, 6.07) is 14.4. The Hall–Kier alpha value is -2.29. The lowest BCUT2D eigenvalue weighted by atomic mass is 10.0. The zero-order valence-corrected chi connectivity index (χ0v) is 10.1. The lowest BCUT2D eigenvalue weighted by Gasteiger charge is -2.09. The highest BCUT2D eigenvalue weighted by molar-refractivity contribution is 5.69. The molecule has 0 aromatic heterocycles. The van der Waals surface area contributed by atoms with Gasteiger partial charge in [0.25, 0.3) is 0 Å². The van der Waals surface area contributed by atoms with Gasteiger partial charge in [0.15, 0.2) is 0 Å². The number of carbonyl (C=O) groups excluding carboxylic acids is 1. The van der Waals surface area contributed by atoms with Crippen LogP contribution in [0.15, 0.2) is 48.5 Å². The zero-order chi connectivity index (χ0) is 13.0. The highest BCUT2D eigenvalue weighted by Gasteiger charge is 2.08. The first kappa shape index (κ1) is 12.2. The van der Waals surface area contributed by atoms with E-state index in [1.165, 1.54) is 6.92 Å². The summed E-state index contributed by atoms with van der Waals surface area (Å²) in [5.41, 5.74) is 1.67. The molecule has 0 saturated heterocycles. The van der Waals surface area contributed by atoms with E-state index in [1.54, 1.807) is 18.2 Å². The molecule has 0 aliphatic carbocycles. The highest BCUT2D eigenvalue weighted by Crippen LogP contribution is 2.25. The second-order valence-electron chi connectivity index (χ2n) is 4.01. The van der Waals surface area contributed by atoms with Gasteiger partial charge in [-0.3, -0.25) is 4.79 Å². The molecule has 1 N–H and O–H groups in total. The van der Waals surface area contributed by atoms with Crippen LogP contribution in [0.4, 0.5) is 0 Å². The van der Waals surface area contributed by atoms with Crippen molar-refractivity contribution in [1.29, 1.82) is 0 Å². The van der Waals surface area contributed by atoms with Crippen molar-refractivity contribution in [1.82, 2.24) is 0 Å². The molecule has 0 atom stereocenters. The van der Waals surface area contributed by atoms with Crippen molar-refractivity contribution in [2.24, 2.45) is 0 Å². The van der Waals surface area contributed by atoms with E-state index in [9.17, 15) is 9.90 Å². The Labute approximate surface area is 106 Å². The second-order valence-corrected chi connectivity index (χ2v) is 4.01. The molecule has 18 heavy (non-hydrogen) atoms. The van der Waals surface area contributed by atoms with E-state index in [2.05, 4.69) is 0 Å². The molecule has 0 radical (unpaired) electrons. The molecule has 0 fully saturated rings. The second kappa shape index (κ2) is 5.36. The Morgan fingerprint density at radius 3 is 2.33 bits per heavy atom. The predicted octanol–water partition coefficient (Wildman–Crippen LogP) is 2.91. The molecule has 0 bridgehead atoms. The van der Waals surface area contributed by atoms with Crippen LogP contribution < -0.4 is 4.74 Å². The minimum atomic E-state index is -0.347. The lowest BCUT2D eigenvalue weighted by Crippen LogP contribution is -2.04. The lowest BCUT2D eigenvalue weighted by molar-refractivity contribution is -0.131. The van der Waals surface area contributed by atoms with E-state index in [1.807, 2.05) is 30.3 Å². The number of para-hydroxylation sites is 2. The third kappa shape index (κ3) is 2.88. The van der Waals surface area contributed by atoms with Crippen molar-refractivity contribution in [3.63, 3.8) is 0 Å². The average Bonchev–Trinajstić information content (AvgIpc) is 2.34. The number of aromatic hydroxyl groups is 1. The maximum Gasteiger partial charge on any atom is 0.308 e. The molecule has 0 saturated carbocycles. The van der Waals surface area contributed by atoms with Gasteiger partial charge in [-0.15, -0.1) is 0 Å².